The smallest absolute Gasteiger partial charge is 0.357 e. The summed E-state index contributed by atoms with van der Waals surface area (Å²) >= 11 is 0. The fourth-order valence-electron chi connectivity index (χ4n) is 2.26. The summed E-state index contributed by atoms with van der Waals surface area (Å²) in [6.45, 7) is 3.80. The van der Waals surface area contributed by atoms with E-state index in [1.165, 1.54) is 6.07 Å². The second-order valence-electron chi connectivity index (χ2n) is 4.77. The van der Waals surface area contributed by atoms with Crippen LogP contribution in [0.25, 0.3) is 0 Å². The van der Waals surface area contributed by atoms with Crippen LogP contribution in [0.1, 0.15) is 23.0 Å². The molecule has 2 rings (SSSR count). The molecule has 2 aromatic rings. The molecule has 1 N–H and O–H groups in total. The van der Waals surface area contributed by atoms with Crippen molar-refractivity contribution in [3.63, 3.8) is 0 Å². The van der Waals surface area contributed by atoms with Crippen LogP contribution in [0.15, 0.2) is 30.5 Å². The zero-order valence-corrected chi connectivity index (χ0v) is 12.6. The third-order valence-corrected chi connectivity index (χ3v) is 3.20. The molecule has 0 unspecified atom stereocenters. The number of carbonyl (C=O) groups excluding carboxylic acids is 1. The predicted octanol–water partition coefficient (Wildman–Crippen LogP) is 3.16. The Morgan fingerprint density at radius 2 is 2.09 bits per heavy atom. The molecule has 0 saturated carbocycles. The SMILES string of the molecule is CCOC(=O)c1c(Nc2ccccc2[N+](=O)[O-])c(C)cn1C. The molecular formula is C15H17N3O4. The lowest BCUT2D eigenvalue weighted by Gasteiger charge is -2.10. The summed E-state index contributed by atoms with van der Waals surface area (Å²) in [5.41, 5.74) is 1.91. The van der Waals surface area contributed by atoms with E-state index in [4.69, 9.17) is 4.74 Å². The van der Waals surface area contributed by atoms with Gasteiger partial charge < -0.3 is 14.6 Å². The van der Waals surface area contributed by atoms with Crippen LogP contribution in [0.4, 0.5) is 17.1 Å². The molecule has 0 spiro atoms. The topological polar surface area (TPSA) is 86.4 Å². The predicted molar refractivity (Wildman–Crippen MR) is 82.5 cm³/mol. The first kappa shape index (κ1) is 15.6. The van der Waals surface area contributed by atoms with Gasteiger partial charge in [0.05, 0.1) is 17.2 Å². The van der Waals surface area contributed by atoms with Gasteiger partial charge in [-0.1, -0.05) is 12.1 Å². The number of nitrogens with zero attached hydrogens (tertiary/aromatic N) is 2. The van der Waals surface area contributed by atoms with Gasteiger partial charge in [0.2, 0.25) is 0 Å². The summed E-state index contributed by atoms with van der Waals surface area (Å²) in [6, 6.07) is 6.29. The molecule has 0 atom stereocenters. The number of aromatic nitrogens is 1. The Morgan fingerprint density at radius 3 is 2.73 bits per heavy atom. The average molecular weight is 303 g/mol. The van der Waals surface area contributed by atoms with Crippen molar-refractivity contribution in [1.82, 2.24) is 4.57 Å². The van der Waals surface area contributed by atoms with Crippen LogP contribution in [0, 0.1) is 17.0 Å². The standard InChI is InChI=1S/C15H17N3O4/c1-4-22-15(19)14-13(10(2)9-17(14)3)16-11-7-5-6-8-12(11)18(20)21/h5-9,16H,4H2,1-3H3. The molecule has 22 heavy (non-hydrogen) atoms. The Kier molecular flexibility index (Phi) is 4.45. The minimum absolute atomic E-state index is 0.0550. The highest BCUT2D eigenvalue weighted by Gasteiger charge is 2.22. The van der Waals surface area contributed by atoms with E-state index in [1.54, 1.807) is 42.9 Å². The highest BCUT2D eigenvalue weighted by atomic mass is 16.6. The van der Waals surface area contributed by atoms with Gasteiger partial charge in [-0.15, -0.1) is 0 Å². The normalized spacial score (nSPS) is 10.3. The lowest BCUT2D eigenvalue weighted by molar-refractivity contribution is -0.383. The Morgan fingerprint density at radius 1 is 1.41 bits per heavy atom. The van der Waals surface area contributed by atoms with E-state index in [9.17, 15) is 14.9 Å². The molecule has 0 radical (unpaired) electrons. The number of aryl methyl sites for hydroxylation is 2. The van der Waals surface area contributed by atoms with Crippen LogP contribution < -0.4 is 5.32 Å². The summed E-state index contributed by atoms with van der Waals surface area (Å²) in [4.78, 5) is 22.7. The Bertz CT molecular complexity index is 722. The van der Waals surface area contributed by atoms with Crippen molar-refractivity contribution < 1.29 is 14.5 Å². The lowest BCUT2D eigenvalue weighted by Crippen LogP contribution is -2.12. The fraction of sp³-hybridized carbons (Fsp3) is 0.267. The van der Waals surface area contributed by atoms with E-state index >= 15 is 0 Å². The van der Waals surface area contributed by atoms with Crippen molar-refractivity contribution in [2.24, 2.45) is 7.05 Å². The highest BCUT2D eigenvalue weighted by Crippen LogP contribution is 2.31. The molecule has 1 heterocycles. The average Bonchev–Trinajstić information content (AvgIpc) is 2.74. The number of nitro benzene ring substituents is 1. The van der Waals surface area contributed by atoms with Gasteiger partial charge in [0.15, 0.2) is 5.69 Å². The maximum absolute atomic E-state index is 12.1. The number of carbonyl (C=O) groups is 1. The first-order valence-electron chi connectivity index (χ1n) is 6.79. The molecule has 7 nitrogen and oxygen atoms in total. The third-order valence-electron chi connectivity index (χ3n) is 3.20. The number of ether oxygens (including phenoxy) is 1. The minimum Gasteiger partial charge on any atom is -0.461 e. The van der Waals surface area contributed by atoms with Gasteiger partial charge in [0.1, 0.15) is 5.69 Å². The van der Waals surface area contributed by atoms with Gasteiger partial charge >= 0.3 is 5.97 Å². The molecule has 0 fully saturated rings. The van der Waals surface area contributed by atoms with Gasteiger partial charge in [-0.05, 0) is 25.5 Å². The third kappa shape index (κ3) is 2.93. The number of rotatable bonds is 5. The van der Waals surface area contributed by atoms with Gasteiger partial charge in [0, 0.05) is 19.3 Å². The van der Waals surface area contributed by atoms with Crippen LogP contribution in [-0.2, 0) is 11.8 Å². The van der Waals surface area contributed by atoms with E-state index in [0.717, 1.165) is 5.56 Å². The van der Waals surface area contributed by atoms with Gasteiger partial charge in [-0.3, -0.25) is 10.1 Å². The fourth-order valence-corrected chi connectivity index (χ4v) is 2.26. The van der Waals surface area contributed by atoms with Gasteiger partial charge in [0.25, 0.3) is 5.69 Å². The van der Waals surface area contributed by atoms with Crippen molar-refractivity contribution in [2.75, 3.05) is 11.9 Å². The molecule has 1 aromatic carbocycles. The van der Waals surface area contributed by atoms with Gasteiger partial charge in [-0.2, -0.15) is 0 Å². The molecule has 116 valence electrons. The Balaban J connectivity index is 2.47. The van der Waals surface area contributed by atoms with E-state index in [2.05, 4.69) is 5.32 Å². The summed E-state index contributed by atoms with van der Waals surface area (Å²) in [6.07, 6.45) is 1.77. The maximum atomic E-state index is 12.1. The van der Waals surface area contributed by atoms with Crippen molar-refractivity contribution in [3.8, 4) is 0 Å². The number of benzene rings is 1. The molecule has 7 heteroatoms. The second-order valence-corrected chi connectivity index (χ2v) is 4.77. The van der Waals surface area contributed by atoms with Crippen LogP contribution in [0.3, 0.4) is 0 Å². The van der Waals surface area contributed by atoms with E-state index in [0.29, 0.717) is 17.1 Å². The summed E-state index contributed by atoms with van der Waals surface area (Å²) in [5.74, 6) is -0.473. The van der Waals surface area contributed by atoms with Crippen molar-refractivity contribution >= 4 is 23.0 Å². The van der Waals surface area contributed by atoms with Gasteiger partial charge in [-0.25, -0.2) is 4.79 Å². The second kappa shape index (κ2) is 6.30. The number of para-hydroxylation sites is 2. The maximum Gasteiger partial charge on any atom is 0.357 e. The quantitative estimate of drug-likeness (QED) is 0.521. The number of hydrogen-bond acceptors (Lipinski definition) is 5. The van der Waals surface area contributed by atoms with Crippen molar-refractivity contribution in [2.45, 2.75) is 13.8 Å². The van der Waals surface area contributed by atoms with Crippen LogP contribution in [0.2, 0.25) is 0 Å². The zero-order chi connectivity index (χ0) is 16.3. The molecule has 1 aromatic heterocycles. The molecule has 0 aliphatic rings. The van der Waals surface area contributed by atoms with Crippen LogP contribution in [-0.4, -0.2) is 22.1 Å². The van der Waals surface area contributed by atoms with Crippen LogP contribution >= 0.6 is 0 Å². The lowest BCUT2D eigenvalue weighted by atomic mass is 10.2. The minimum atomic E-state index is -0.473. The van der Waals surface area contributed by atoms with E-state index in [1.807, 2.05) is 6.92 Å². The molecule has 0 aliphatic carbocycles. The van der Waals surface area contributed by atoms with E-state index < -0.39 is 10.9 Å². The highest BCUT2D eigenvalue weighted by molar-refractivity contribution is 5.96. The molecule has 0 saturated heterocycles. The zero-order valence-electron chi connectivity index (χ0n) is 12.6. The van der Waals surface area contributed by atoms with E-state index in [-0.39, 0.29) is 12.3 Å². The Labute approximate surface area is 127 Å². The number of anilines is 2. The first-order chi connectivity index (χ1) is 10.5. The summed E-state index contributed by atoms with van der Waals surface area (Å²) < 4.78 is 6.69. The number of nitrogens with one attached hydrogen (secondary N) is 1. The van der Waals surface area contributed by atoms with Crippen molar-refractivity contribution in [3.05, 3.63) is 51.8 Å². The molecular weight excluding hydrogens is 286 g/mol. The summed E-state index contributed by atoms with van der Waals surface area (Å²) in [5, 5.41) is 14.1. The molecule has 0 amide bonds. The monoisotopic (exact) mass is 303 g/mol. The number of nitro groups is 1. The largest absolute Gasteiger partial charge is 0.461 e. The molecule has 0 aliphatic heterocycles. The first-order valence-corrected chi connectivity index (χ1v) is 6.79. The van der Waals surface area contributed by atoms with Crippen molar-refractivity contribution in [1.29, 1.82) is 0 Å². The molecule has 0 bridgehead atoms. The Hall–Kier alpha value is -2.83. The number of esters is 1. The summed E-state index contributed by atoms with van der Waals surface area (Å²) in [7, 11) is 1.73. The number of hydrogen-bond donors (Lipinski definition) is 1. The van der Waals surface area contributed by atoms with Crippen LogP contribution in [0.5, 0.6) is 0 Å².